The summed E-state index contributed by atoms with van der Waals surface area (Å²) in [4.78, 5) is 4.29. The number of aromatic nitrogens is 2. The van der Waals surface area contributed by atoms with Crippen molar-refractivity contribution in [1.82, 2.24) is 9.38 Å². The van der Waals surface area contributed by atoms with E-state index in [9.17, 15) is 9.50 Å². The summed E-state index contributed by atoms with van der Waals surface area (Å²) >= 11 is 0. The molecule has 4 heteroatoms. The second kappa shape index (κ2) is 6.75. The average molecular weight is 364 g/mol. The topological polar surface area (TPSA) is 37.5 Å². The quantitative estimate of drug-likeness (QED) is 0.677. The highest BCUT2D eigenvalue weighted by Crippen LogP contribution is 2.47. The second-order valence-corrected chi connectivity index (χ2v) is 8.25. The molecule has 27 heavy (non-hydrogen) atoms. The van der Waals surface area contributed by atoms with E-state index in [-0.39, 0.29) is 11.7 Å². The lowest BCUT2D eigenvalue weighted by Gasteiger charge is -2.33. The van der Waals surface area contributed by atoms with Gasteiger partial charge < -0.3 is 9.51 Å². The third-order valence-electron chi connectivity index (χ3n) is 6.49. The third kappa shape index (κ3) is 3.16. The van der Waals surface area contributed by atoms with Crippen molar-refractivity contribution in [2.24, 2.45) is 5.92 Å². The van der Waals surface area contributed by atoms with Gasteiger partial charge in [-0.05, 0) is 85.6 Å². The van der Waals surface area contributed by atoms with Crippen molar-refractivity contribution in [3.8, 4) is 0 Å². The van der Waals surface area contributed by atoms with E-state index in [0.717, 1.165) is 42.5 Å². The molecule has 2 saturated carbocycles. The summed E-state index contributed by atoms with van der Waals surface area (Å²) in [6.45, 7) is 0. The molecular formula is C23H25FN2O. The molecule has 2 fully saturated rings. The van der Waals surface area contributed by atoms with Gasteiger partial charge in [0.25, 0.3) is 0 Å². The van der Waals surface area contributed by atoms with Crippen molar-refractivity contribution in [3.05, 3.63) is 71.6 Å². The molecule has 1 atom stereocenters. The average Bonchev–Trinajstić information content (AvgIpc) is 3.43. The Morgan fingerprint density at radius 1 is 1.00 bits per heavy atom. The van der Waals surface area contributed by atoms with Crippen LogP contribution in [0.25, 0.3) is 5.52 Å². The molecule has 5 rings (SSSR count). The van der Waals surface area contributed by atoms with Crippen LogP contribution in [-0.2, 0) is 0 Å². The summed E-state index contributed by atoms with van der Waals surface area (Å²) in [5.74, 6) is 1.08. The van der Waals surface area contributed by atoms with Crippen LogP contribution in [0.15, 0.2) is 48.9 Å². The Labute approximate surface area is 158 Å². The molecule has 3 nitrogen and oxygen atoms in total. The molecule has 0 bridgehead atoms. The normalized spacial score (nSPS) is 24.2. The molecule has 0 saturated heterocycles. The van der Waals surface area contributed by atoms with Gasteiger partial charge in [-0.2, -0.15) is 0 Å². The Kier molecular flexibility index (Phi) is 4.24. The molecule has 0 aliphatic heterocycles. The van der Waals surface area contributed by atoms with Crippen molar-refractivity contribution in [3.63, 3.8) is 0 Å². The van der Waals surface area contributed by atoms with E-state index < -0.39 is 6.10 Å². The molecule has 140 valence electrons. The zero-order valence-corrected chi connectivity index (χ0v) is 15.4. The van der Waals surface area contributed by atoms with E-state index in [1.165, 1.54) is 24.5 Å². The van der Waals surface area contributed by atoms with Gasteiger partial charge in [0, 0.05) is 0 Å². The molecule has 3 aromatic rings. The highest BCUT2D eigenvalue weighted by Gasteiger charge is 2.34. The van der Waals surface area contributed by atoms with Gasteiger partial charge in [-0.3, -0.25) is 0 Å². The second-order valence-electron chi connectivity index (χ2n) is 8.25. The Morgan fingerprint density at radius 2 is 1.78 bits per heavy atom. The van der Waals surface area contributed by atoms with E-state index in [2.05, 4.69) is 21.5 Å². The van der Waals surface area contributed by atoms with Gasteiger partial charge in [0.05, 0.1) is 29.8 Å². The van der Waals surface area contributed by atoms with Crippen LogP contribution in [0, 0.1) is 11.7 Å². The van der Waals surface area contributed by atoms with Crippen LogP contribution < -0.4 is 0 Å². The lowest BCUT2D eigenvalue weighted by Crippen LogP contribution is -2.22. The van der Waals surface area contributed by atoms with Crippen LogP contribution >= 0.6 is 0 Å². The number of nitrogens with zero attached hydrogens (tertiary/aromatic N) is 2. The minimum Gasteiger partial charge on any atom is -0.387 e. The number of benzene rings is 1. The van der Waals surface area contributed by atoms with Crippen molar-refractivity contribution >= 4 is 5.52 Å². The number of hydrogen-bond acceptors (Lipinski definition) is 2. The maximum atomic E-state index is 13.5. The number of rotatable bonds is 4. The van der Waals surface area contributed by atoms with Crippen LogP contribution in [0.3, 0.4) is 0 Å². The van der Waals surface area contributed by atoms with E-state index >= 15 is 0 Å². The fourth-order valence-corrected chi connectivity index (χ4v) is 4.83. The number of imidazole rings is 1. The third-order valence-corrected chi connectivity index (χ3v) is 6.49. The standard InChI is InChI=1S/C23H25FN2O/c24-19-3-1-2-18(12-19)15-4-8-17(9-5-15)23(27)22-21(16-6-7-16)11-10-20-13-25-14-26(20)22/h1-3,10-17,23,27H,4-9H2/t15?,17?,23-/m1/s1. The molecule has 0 radical (unpaired) electrons. The highest BCUT2D eigenvalue weighted by molar-refractivity contribution is 5.50. The van der Waals surface area contributed by atoms with Gasteiger partial charge in [-0.1, -0.05) is 18.2 Å². The Hall–Kier alpha value is -2.20. The summed E-state index contributed by atoms with van der Waals surface area (Å²) in [5.41, 5.74) is 4.47. The van der Waals surface area contributed by atoms with Crippen LogP contribution in [0.1, 0.15) is 73.3 Å². The van der Waals surface area contributed by atoms with Crippen LogP contribution in [0.4, 0.5) is 4.39 Å². The molecule has 0 spiro atoms. The van der Waals surface area contributed by atoms with Crippen molar-refractivity contribution in [1.29, 1.82) is 0 Å². The molecule has 0 amide bonds. The maximum absolute atomic E-state index is 13.5. The summed E-state index contributed by atoms with van der Waals surface area (Å²) < 4.78 is 15.6. The number of aliphatic hydroxyl groups excluding tert-OH is 1. The minimum absolute atomic E-state index is 0.157. The predicted molar refractivity (Wildman–Crippen MR) is 103 cm³/mol. The fourth-order valence-electron chi connectivity index (χ4n) is 4.83. The van der Waals surface area contributed by atoms with Gasteiger partial charge >= 0.3 is 0 Å². The summed E-state index contributed by atoms with van der Waals surface area (Å²) in [7, 11) is 0. The molecule has 2 aromatic heterocycles. The molecular weight excluding hydrogens is 339 g/mol. The van der Waals surface area contributed by atoms with Gasteiger partial charge in [-0.25, -0.2) is 9.37 Å². The summed E-state index contributed by atoms with van der Waals surface area (Å²) in [5, 5.41) is 11.3. The van der Waals surface area contributed by atoms with Gasteiger partial charge in [0.1, 0.15) is 5.82 Å². The fraction of sp³-hybridized carbons (Fsp3) is 0.435. The van der Waals surface area contributed by atoms with E-state index in [1.807, 2.05) is 18.6 Å². The maximum Gasteiger partial charge on any atom is 0.123 e. The molecule has 2 aliphatic rings. The monoisotopic (exact) mass is 364 g/mol. The summed E-state index contributed by atoms with van der Waals surface area (Å²) in [6.07, 6.45) is 9.60. The number of hydrogen-bond donors (Lipinski definition) is 1. The minimum atomic E-state index is -0.466. The first-order valence-electron chi connectivity index (χ1n) is 10.1. The van der Waals surface area contributed by atoms with E-state index in [0.29, 0.717) is 11.8 Å². The number of fused-ring (bicyclic) bond motifs is 1. The number of aliphatic hydroxyl groups is 1. The van der Waals surface area contributed by atoms with Crippen LogP contribution in [-0.4, -0.2) is 14.5 Å². The van der Waals surface area contributed by atoms with E-state index in [4.69, 9.17) is 0 Å². The predicted octanol–water partition coefficient (Wildman–Crippen LogP) is 5.36. The zero-order chi connectivity index (χ0) is 18.4. The lowest BCUT2D eigenvalue weighted by molar-refractivity contribution is 0.0754. The number of pyridine rings is 1. The first-order valence-corrected chi connectivity index (χ1v) is 10.1. The molecule has 2 aliphatic carbocycles. The smallest absolute Gasteiger partial charge is 0.123 e. The van der Waals surface area contributed by atoms with Gasteiger partial charge in [-0.15, -0.1) is 0 Å². The van der Waals surface area contributed by atoms with Gasteiger partial charge in [0.2, 0.25) is 0 Å². The van der Waals surface area contributed by atoms with E-state index in [1.54, 1.807) is 12.1 Å². The zero-order valence-electron chi connectivity index (χ0n) is 15.4. The molecule has 0 unspecified atom stereocenters. The molecule has 1 N–H and O–H groups in total. The van der Waals surface area contributed by atoms with Crippen molar-refractivity contribution < 1.29 is 9.50 Å². The first-order chi connectivity index (χ1) is 13.2. The Balaban J connectivity index is 1.38. The first kappa shape index (κ1) is 16.9. The van der Waals surface area contributed by atoms with Crippen LogP contribution in [0.5, 0.6) is 0 Å². The summed E-state index contributed by atoms with van der Waals surface area (Å²) in [6, 6.07) is 11.3. The Bertz CT molecular complexity index is 954. The number of halogens is 1. The van der Waals surface area contributed by atoms with Crippen LogP contribution in [0.2, 0.25) is 0 Å². The van der Waals surface area contributed by atoms with Crippen molar-refractivity contribution in [2.45, 2.75) is 56.5 Å². The SMILES string of the molecule is O[C@@H](c1c(C2CC2)ccc2cncn12)C1CCC(c2cccc(F)c2)CC1. The lowest BCUT2D eigenvalue weighted by atomic mass is 9.75. The van der Waals surface area contributed by atoms with Gasteiger partial charge in [0.15, 0.2) is 0 Å². The Morgan fingerprint density at radius 3 is 2.52 bits per heavy atom. The largest absolute Gasteiger partial charge is 0.387 e. The highest BCUT2D eigenvalue weighted by atomic mass is 19.1. The molecule has 1 aromatic carbocycles. The molecule has 2 heterocycles. The van der Waals surface area contributed by atoms with Crippen molar-refractivity contribution in [2.75, 3.05) is 0 Å².